The van der Waals surface area contributed by atoms with E-state index in [0.29, 0.717) is 22.3 Å². The Kier molecular flexibility index (Phi) is 6.78. The molecule has 2 aromatic carbocycles. The van der Waals surface area contributed by atoms with Crippen molar-refractivity contribution in [2.24, 2.45) is 0 Å². The Hall–Kier alpha value is -4.20. The summed E-state index contributed by atoms with van der Waals surface area (Å²) in [5.41, 5.74) is -1.85. The molecule has 0 radical (unpaired) electrons. The molecule has 0 aliphatic heterocycles. The van der Waals surface area contributed by atoms with Crippen molar-refractivity contribution in [3.8, 4) is 11.3 Å². The Morgan fingerprint density at radius 1 is 0.868 bits per heavy atom. The summed E-state index contributed by atoms with van der Waals surface area (Å²) in [5.74, 6) is -0.416. The molecule has 0 saturated heterocycles. The summed E-state index contributed by atoms with van der Waals surface area (Å²) in [4.78, 5) is 19.7. The first-order chi connectivity index (χ1) is 17.7. The zero-order valence-corrected chi connectivity index (χ0v) is 20.0. The molecule has 0 spiro atoms. The van der Waals surface area contributed by atoms with Gasteiger partial charge in [0.15, 0.2) is 0 Å². The number of amides is 1. The maximum absolute atomic E-state index is 13.1. The standard InChI is InChI=1S/C24H16F6N4O3S/c1-31-22(35)18-12-20(33-19-3-2-8-32-21(18)19)13-4-6-16(7-5-13)34-38(36,37)17-10-14(23(25,26)27)9-15(11-17)24(28,29)30/h2-12,34H,1H3,(H,31,35). The van der Waals surface area contributed by atoms with Gasteiger partial charge in [0.25, 0.3) is 15.9 Å². The second-order valence-corrected chi connectivity index (χ2v) is 9.61. The normalized spacial score (nSPS) is 12.4. The lowest BCUT2D eigenvalue weighted by Crippen LogP contribution is -2.18. The Labute approximate surface area is 211 Å². The number of sulfonamides is 1. The van der Waals surface area contributed by atoms with Gasteiger partial charge in [-0.15, -0.1) is 0 Å². The van der Waals surface area contributed by atoms with Crippen LogP contribution >= 0.6 is 0 Å². The Bertz CT molecular complexity index is 1600. The zero-order valence-electron chi connectivity index (χ0n) is 19.1. The molecule has 0 atom stereocenters. The van der Waals surface area contributed by atoms with Crippen molar-refractivity contribution in [3.05, 3.63) is 83.6 Å². The molecule has 4 rings (SSSR count). The van der Waals surface area contributed by atoms with Gasteiger partial charge in [-0.3, -0.25) is 14.5 Å². The minimum absolute atomic E-state index is 0.124. The minimum Gasteiger partial charge on any atom is -0.355 e. The highest BCUT2D eigenvalue weighted by Gasteiger charge is 2.38. The molecule has 2 N–H and O–H groups in total. The van der Waals surface area contributed by atoms with E-state index >= 15 is 0 Å². The lowest BCUT2D eigenvalue weighted by atomic mass is 10.1. The van der Waals surface area contributed by atoms with E-state index in [4.69, 9.17) is 0 Å². The summed E-state index contributed by atoms with van der Waals surface area (Å²) in [5, 5.41) is 2.50. The van der Waals surface area contributed by atoms with Crippen LogP contribution in [0.4, 0.5) is 32.0 Å². The van der Waals surface area contributed by atoms with E-state index in [2.05, 4.69) is 15.3 Å². The van der Waals surface area contributed by atoms with E-state index in [1.54, 1.807) is 12.1 Å². The SMILES string of the molecule is CNC(=O)c1cc(-c2ccc(NS(=O)(=O)c3cc(C(F)(F)F)cc(C(F)(F)F)c3)cc2)nc2cccnc12. The number of hydrogen-bond acceptors (Lipinski definition) is 5. The lowest BCUT2D eigenvalue weighted by molar-refractivity contribution is -0.143. The van der Waals surface area contributed by atoms with E-state index in [0.717, 1.165) is 0 Å². The summed E-state index contributed by atoms with van der Waals surface area (Å²) in [6.45, 7) is 0. The van der Waals surface area contributed by atoms with E-state index in [-0.39, 0.29) is 29.4 Å². The van der Waals surface area contributed by atoms with Crippen molar-refractivity contribution >= 4 is 32.7 Å². The smallest absolute Gasteiger partial charge is 0.355 e. The van der Waals surface area contributed by atoms with Crippen molar-refractivity contribution in [3.63, 3.8) is 0 Å². The van der Waals surface area contributed by atoms with Crippen molar-refractivity contribution in [1.29, 1.82) is 0 Å². The summed E-state index contributed by atoms with van der Waals surface area (Å²) >= 11 is 0. The number of halogens is 6. The predicted molar refractivity (Wildman–Crippen MR) is 126 cm³/mol. The maximum atomic E-state index is 13.1. The van der Waals surface area contributed by atoms with Crippen LogP contribution in [-0.2, 0) is 22.4 Å². The molecule has 14 heteroatoms. The number of aromatic nitrogens is 2. The number of alkyl halides is 6. The molecule has 2 heterocycles. The number of anilines is 1. The fourth-order valence-corrected chi connectivity index (χ4v) is 4.65. The third kappa shape index (κ3) is 5.54. The topological polar surface area (TPSA) is 101 Å². The highest BCUT2D eigenvalue weighted by molar-refractivity contribution is 7.92. The van der Waals surface area contributed by atoms with Gasteiger partial charge in [-0.25, -0.2) is 13.4 Å². The van der Waals surface area contributed by atoms with Crippen LogP contribution in [0, 0.1) is 0 Å². The number of fused-ring (bicyclic) bond motifs is 1. The molecule has 0 saturated carbocycles. The second kappa shape index (κ2) is 9.59. The molecule has 0 fully saturated rings. The van der Waals surface area contributed by atoms with E-state index in [1.807, 2.05) is 4.72 Å². The minimum atomic E-state index is -5.21. The van der Waals surface area contributed by atoms with Crippen molar-refractivity contribution in [2.75, 3.05) is 11.8 Å². The second-order valence-electron chi connectivity index (χ2n) is 7.93. The molecule has 1 amide bonds. The molecule has 4 aromatic rings. The van der Waals surface area contributed by atoms with Gasteiger partial charge >= 0.3 is 12.4 Å². The van der Waals surface area contributed by atoms with Crippen molar-refractivity contribution in [1.82, 2.24) is 15.3 Å². The largest absolute Gasteiger partial charge is 0.416 e. The number of hydrogen-bond donors (Lipinski definition) is 2. The quantitative estimate of drug-likeness (QED) is 0.318. The molecule has 7 nitrogen and oxygen atoms in total. The van der Waals surface area contributed by atoms with Crippen LogP contribution in [0.25, 0.3) is 22.3 Å². The number of carbonyl (C=O) groups excluding carboxylic acids is 1. The highest BCUT2D eigenvalue weighted by Crippen LogP contribution is 2.37. The van der Waals surface area contributed by atoms with Crippen LogP contribution in [0.5, 0.6) is 0 Å². The van der Waals surface area contributed by atoms with E-state index in [9.17, 15) is 39.6 Å². The first-order valence-electron chi connectivity index (χ1n) is 10.6. The van der Waals surface area contributed by atoms with Gasteiger partial charge in [-0.2, -0.15) is 26.3 Å². The summed E-state index contributed by atoms with van der Waals surface area (Å²) in [6, 6.07) is 10.2. The van der Waals surface area contributed by atoms with Crippen LogP contribution in [-0.4, -0.2) is 31.3 Å². The average molecular weight is 554 g/mol. The first kappa shape index (κ1) is 26.9. The molecular weight excluding hydrogens is 538 g/mol. The molecular formula is C24H16F6N4O3S. The molecule has 0 bridgehead atoms. The molecule has 38 heavy (non-hydrogen) atoms. The summed E-state index contributed by atoms with van der Waals surface area (Å²) in [6.07, 6.45) is -8.91. The van der Waals surface area contributed by atoms with Crippen molar-refractivity contribution < 1.29 is 39.6 Å². The monoisotopic (exact) mass is 554 g/mol. The average Bonchev–Trinajstić information content (AvgIpc) is 2.86. The van der Waals surface area contributed by atoms with Crippen LogP contribution in [0.3, 0.4) is 0 Å². The van der Waals surface area contributed by atoms with Gasteiger partial charge < -0.3 is 5.32 Å². The highest BCUT2D eigenvalue weighted by atomic mass is 32.2. The molecule has 2 aromatic heterocycles. The van der Waals surface area contributed by atoms with E-state index < -0.39 is 44.3 Å². The number of nitrogens with one attached hydrogen (secondary N) is 2. The van der Waals surface area contributed by atoms with Gasteiger partial charge in [0.1, 0.15) is 5.52 Å². The van der Waals surface area contributed by atoms with Gasteiger partial charge in [0.05, 0.1) is 32.8 Å². The Balaban J connectivity index is 1.69. The Morgan fingerprint density at radius 3 is 2.03 bits per heavy atom. The lowest BCUT2D eigenvalue weighted by Gasteiger charge is -2.15. The Morgan fingerprint density at radius 2 is 1.47 bits per heavy atom. The number of carbonyl (C=O) groups is 1. The fourth-order valence-electron chi connectivity index (χ4n) is 3.52. The van der Waals surface area contributed by atoms with Gasteiger partial charge in [0.2, 0.25) is 0 Å². The number of benzene rings is 2. The summed E-state index contributed by atoms with van der Waals surface area (Å²) in [7, 11) is -3.39. The van der Waals surface area contributed by atoms with E-state index in [1.165, 1.54) is 43.6 Å². The number of pyridine rings is 2. The third-order valence-electron chi connectivity index (χ3n) is 5.34. The first-order valence-corrected chi connectivity index (χ1v) is 12.1. The predicted octanol–water partition coefficient (Wildman–Crippen LogP) is 5.49. The maximum Gasteiger partial charge on any atom is 0.416 e. The number of nitrogens with zero attached hydrogens (tertiary/aromatic N) is 2. The number of rotatable bonds is 5. The van der Waals surface area contributed by atoms with Crippen molar-refractivity contribution in [2.45, 2.75) is 17.2 Å². The van der Waals surface area contributed by atoms with Crippen LogP contribution in [0.1, 0.15) is 21.5 Å². The summed E-state index contributed by atoms with van der Waals surface area (Å²) < 4.78 is 106. The van der Waals surface area contributed by atoms with Crippen LogP contribution < -0.4 is 10.0 Å². The molecule has 198 valence electrons. The fraction of sp³-hybridized carbons (Fsp3) is 0.125. The third-order valence-corrected chi connectivity index (χ3v) is 6.70. The van der Waals surface area contributed by atoms with Gasteiger partial charge in [-0.1, -0.05) is 12.1 Å². The van der Waals surface area contributed by atoms with Gasteiger partial charge in [0, 0.05) is 24.5 Å². The molecule has 0 aliphatic rings. The van der Waals surface area contributed by atoms with Crippen LogP contribution in [0.15, 0.2) is 71.8 Å². The molecule has 0 aliphatic carbocycles. The zero-order chi connectivity index (χ0) is 27.9. The van der Waals surface area contributed by atoms with Gasteiger partial charge in [-0.05, 0) is 48.5 Å². The molecule has 0 unspecified atom stereocenters. The van der Waals surface area contributed by atoms with Crippen LogP contribution in [0.2, 0.25) is 0 Å².